The van der Waals surface area contributed by atoms with Crippen LogP contribution in [0.25, 0.3) is 0 Å². The molecule has 1 heterocycles. The largest absolute Gasteiger partial charge is 0.367 e. The average molecular weight is 306 g/mol. The molecule has 0 radical (unpaired) electrons. The van der Waals surface area contributed by atoms with E-state index >= 15 is 0 Å². The van der Waals surface area contributed by atoms with Crippen molar-refractivity contribution in [2.24, 2.45) is 0 Å². The van der Waals surface area contributed by atoms with Crippen LogP contribution in [0.1, 0.15) is 17.5 Å². The number of aromatic amines is 1. The molecular weight excluding hydrogens is 288 g/mol. The van der Waals surface area contributed by atoms with E-state index in [9.17, 15) is 4.79 Å². The van der Waals surface area contributed by atoms with Crippen molar-refractivity contribution < 1.29 is 9.53 Å². The first kappa shape index (κ1) is 15.5. The molecule has 1 aromatic heterocycles. The van der Waals surface area contributed by atoms with Crippen molar-refractivity contribution in [1.29, 1.82) is 0 Å². The predicted octanol–water partition coefficient (Wildman–Crippen LogP) is 1.71. The molecule has 21 heavy (non-hydrogen) atoms. The first-order chi connectivity index (χ1) is 10.2. The number of aromatic nitrogens is 3. The fourth-order valence-corrected chi connectivity index (χ4v) is 2.52. The summed E-state index contributed by atoms with van der Waals surface area (Å²) >= 11 is 1.49. The van der Waals surface area contributed by atoms with Gasteiger partial charge in [0.2, 0.25) is 5.16 Å². The van der Waals surface area contributed by atoms with Crippen LogP contribution in [0.15, 0.2) is 35.5 Å². The summed E-state index contributed by atoms with van der Waals surface area (Å²) in [4.78, 5) is 16.3. The molecule has 2 rings (SSSR count). The van der Waals surface area contributed by atoms with E-state index in [0.29, 0.717) is 17.5 Å². The van der Waals surface area contributed by atoms with Crippen LogP contribution in [0.2, 0.25) is 0 Å². The molecule has 0 fully saturated rings. The topological polar surface area (TPSA) is 79.9 Å². The van der Waals surface area contributed by atoms with Gasteiger partial charge in [-0.3, -0.25) is 9.89 Å². The summed E-state index contributed by atoms with van der Waals surface area (Å²) in [5, 5.41) is 10.3. The number of carbonyl (C=O) groups excluding carboxylic acids is 1. The molecular formula is C14H18N4O2S. The van der Waals surface area contributed by atoms with E-state index in [2.05, 4.69) is 20.5 Å². The van der Waals surface area contributed by atoms with E-state index in [0.717, 1.165) is 11.4 Å². The number of hydrogen-bond donors (Lipinski definition) is 2. The number of aryl methyl sites for hydroxylation is 1. The van der Waals surface area contributed by atoms with Crippen LogP contribution < -0.4 is 5.32 Å². The van der Waals surface area contributed by atoms with Gasteiger partial charge in [-0.2, -0.15) is 0 Å². The van der Waals surface area contributed by atoms with Crippen molar-refractivity contribution in [2.45, 2.75) is 18.2 Å². The van der Waals surface area contributed by atoms with Gasteiger partial charge in [0.05, 0.1) is 0 Å². The van der Waals surface area contributed by atoms with Gasteiger partial charge in [0.15, 0.2) is 6.10 Å². The summed E-state index contributed by atoms with van der Waals surface area (Å²) in [5.74, 6) is 1.34. The molecule has 1 aromatic carbocycles. The summed E-state index contributed by atoms with van der Waals surface area (Å²) < 4.78 is 5.27. The lowest BCUT2D eigenvalue weighted by Gasteiger charge is -2.15. The number of nitrogens with one attached hydrogen (secondary N) is 2. The zero-order valence-electron chi connectivity index (χ0n) is 12.0. The molecule has 0 unspecified atom stereocenters. The van der Waals surface area contributed by atoms with Crippen molar-refractivity contribution in [3.8, 4) is 0 Å². The second kappa shape index (κ2) is 7.80. The van der Waals surface area contributed by atoms with E-state index in [1.165, 1.54) is 18.9 Å². The Bertz CT molecular complexity index is 573. The Hall–Kier alpha value is -1.86. The number of H-pyrrole nitrogens is 1. The van der Waals surface area contributed by atoms with Gasteiger partial charge < -0.3 is 10.1 Å². The second-order valence-corrected chi connectivity index (χ2v) is 5.43. The minimum Gasteiger partial charge on any atom is -0.367 e. The summed E-state index contributed by atoms with van der Waals surface area (Å²) in [6.45, 7) is 2.38. The monoisotopic (exact) mass is 306 g/mol. The van der Waals surface area contributed by atoms with Gasteiger partial charge in [-0.05, 0) is 12.5 Å². The normalized spacial score (nSPS) is 12.1. The first-order valence-electron chi connectivity index (χ1n) is 6.58. The van der Waals surface area contributed by atoms with Crippen LogP contribution in [0.4, 0.5) is 0 Å². The summed E-state index contributed by atoms with van der Waals surface area (Å²) in [5.41, 5.74) is 0.842. The highest BCUT2D eigenvalue weighted by Crippen LogP contribution is 2.16. The fourth-order valence-electron chi connectivity index (χ4n) is 1.82. The SMILES string of the molecule is CO[C@H](C(=O)NCCSc1n[nH]c(C)n1)c1ccccc1. The van der Waals surface area contributed by atoms with Crippen molar-refractivity contribution in [3.63, 3.8) is 0 Å². The zero-order chi connectivity index (χ0) is 15.1. The van der Waals surface area contributed by atoms with Crippen molar-refractivity contribution in [1.82, 2.24) is 20.5 Å². The number of benzene rings is 1. The molecule has 1 atom stereocenters. The van der Waals surface area contributed by atoms with E-state index in [1.54, 1.807) is 0 Å². The van der Waals surface area contributed by atoms with E-state index in [1.807, 2.05) is 37.3 Å². The molecule has 2 aromatic rings. The summed E-state index contributed by atoms with van der Waals surface area (Å²) in [7, 11) is 1.53. The Labute approximate surface area is 127 Å². The van der Waals surface area contributed by atoms with Gasteiger partial charge >= 0.3 is 0 Å². The molecule has 0 bridgehead atoms. The summed E-state index contributed by atoms with van der Waals surface area (Å²) in [6, 6.07) is 9.42. The Kier molecular flexibility index (Phi) is 5.77. The van der Waals surface area contributed by atoms with Gasteiger partial charge in [0.25, 0.3) is 5.91 Å². The molecule has 0 spiro atoms. The van der Waals surface area contributed by atoms with Gasteiger partial charge in [0.1, 0.15) is 5.82 Å². The fraction of sp³-hybridized carbons (Fsp3) is 0.357. The van der Waals surface area contributed by atoms with Gasteiger partial charge in [-0.15, -0.1) is 5.10 Å². The smallest absolute Gasteiger partial charge is 0.253 e. The van der Waals surface area contributed by atoms with Crippen LogP contribution in [0, 0.1) is 6.92 Å². The maximum atomic E-state index is 12.1. The third-order valence-corrected chi connectivity index (χ3v) is 3.63. The number of thioether (sulfide) groups is 1. The molecule has 0 aliphatic heterocycles. The third kappa shape index (κ3) is 4.57. The molecule has 7 heteroatoms. The highest BCUT2D eigenvalue weighted by Gasteiger charge is 2.19. The first-order valence-corrected chi connectivity index (χ1v) is 7.56. The van der Waals surface area contributed by atoms with Crippen molar-refractivity contribution >= 4 is 17.7 Å². The number of hydrogen-bond acceptors (Lipinski definition) is 5. The van der Waals surface area contributed by atoms with Gasteiger partial charge in [-0.1, -0.05) is 42.1 Å². The van der Waals surface area contributed by atoms with Crippen LogP contribution >= 0.6 is 11.8 Å². The van der Waals surface area contributed by atoms with Gasteiger partial charge in [-0.25, -0.2) is 4.98 Å². The van der Waals surface area contributed by atoms with E-state index < -0.39 is 6.10 Å². The summed E-state index contributed by atoms with van der Waals surface area (Å²) in [6.07, 6.45) is -0.582. The molecule has 112 valence electrons. The van der Waals surface area contributed by atoms with Crippen LogP contribution in [0.3, 0.4) is 0 Å². The minimum atomic E-state index is -0.582. The number of ether oxygens (including phenoxy) is 1. The number of methoxy groups -OCH3 is 1. The lowest BCUT2D eigenvalue weighted by atomic mass is 10.1. The standard InChI is InChI=1S/C14H18N4O2S/c1-10-16-14(18-17-10)21-9-8-15-13(19)12(20-2)11-6-4-3-5-7-11/h3-7,12H,8-9H2,1-2H3,(H,15,19)(H,16,17,18)/t12-/m0/s1. The van der Waals surface area contributed by atoms with Crippen LogP contribution in [-0.2, 0) is 9.53 Å². The number of rotatable bonds is 7. The zero-order valence-corrected chi connectivity index (χ0v) is 12.8. The van der Waals surface area contributed by atoms with Crippen LogP contribution in [0.5, 0.6) is 0 Å². The number of carbonyl (C=O) groups is 1. The molecule has 6 nitrogen and oxygen atoms in total. The lowest BCUT2D eigenvalue weighted by molar-refractivity contribution is -0.131. The van der Waals surface area contributed by atoms with Gasteiger partial charge in [0, 0.05) is 19.4 Å². The Balaban J connectivity index is 1.78. The molecule has 0 aliphatic carbocycles. The Morgan fingerprint density at radius 2 is 2.19 bits per heavy atom. The predicted molar refractivity (Wildman–Crippen MR) is 81.0 cm³/mol. The van der Waals surface area contributed by atoms with Crippen molar-refractivity contribution in [2.75, 3.05) is 19.4 Å². The van der Waals surface area contributed by atoms with Crippen LogP contribution in [-0.4, -0.2) is 40.5 Å². The minimum absolute atomic E-state index is 0.143. The second-order valence-electron chi connectivity index (χ2n) is 4.37. The van der Waals surface area contributed by atoms with E-state index in [4.69, 9.17) is 4.74 Å². The Morgan fingerprint density at radius 1 is 1.43 bits per heavy atom. The maximum absolute atomic E-state index is 12.1. The van der Waals surface area contributed by atoms with E-state index in [-0.39, 0.29) is 5.91 Å². The molecule has 1 amide bonds. The highest BCUT2D eigenvalue weighted by molar-refractivity contribution is 7.99. The third-order valence-electron chi connectivity index (χ3n) is 2.79. The maximum Gasteiger partial charge on any atom is 0.253 e. The Morgan fingerprint density at radius 3 is 2.81 bits per heavy atom. The quantitative estimate of drug-likeness (QED) is 0.601. The van der Waals surface area contributed by atoms with Crippen molar-refractivity contribution in [3.05, 3.63) is 41.7 Å². The molecule has 2 N–H and O–H groups in total. The lowest BCUT2D eigenvalue weighted by Crippen LogP contribution is -2.32. The molecule has 0 saturated carbocycles. The highest BCUT2D eigenvalue weighted by atomic mass is 32.2. The molecule has 0 saturated heterocycles. The average Bonchev–Trinajstić information content (AvgIpc) is 2.91. The molecule has 0 aliphatic rings. The number of amides is 1. The number of nitrogens with zero attached hydrogens (tertiary/aromatic N) is 2.